The summed E-state index contributed by atoms with van der Waals surface area (Å²) in [6.45, 7) is 2.75. The maximum atomic E-state index is 12.6. The topological polar surface area (TPSA) is 26.3 Å². The lowest BCUT2D eigenvalue weighted by Gasteiger charge is -2.28. The first-order valence-corrected chi connectivity index (χ1v) is 8.04. The van der Waals surface area contributed by atoms with Gasteiger partial charge in [0.05, 0.1) is 17.0 Å². The fourth-order valence-electron chi connectivity index (χ4n) is 2.68. The molecular formula is C18H17BrO2. The third-order valence-corrected chi connectivity index (χ3v) is 4.47. The maximum absolute atomic E-state index is 12.6. The van der Waals surface area contributed by atoms with Crippen molar-refractivity contribution < 1.29 is 9.53 Å². The Morgan fingerprint density at radius 3 is 2.81 bits per heavy atom. The first-order chi connectivity index (χ1) is 10.2. The van der Waals surface area contributed by atoms with Crippen LogP contribution >= 0.6 is 15.9 Å². The van der Waals surface area contributed by atoms with Gasteiger partial charge in [-0.05, 0) is 58.1 Å². The number of fused-ring (bicyclic) bond motifs is 1. The van der Waals surface area contributed by atoms with Gasteiger partial charge in [-0.15, -0.1) is 0 Å². The molecule has 2 aromatic rings. The van der Waals surface area contributed by atoms with Crippen LogP contribution in [0.3, 0.4) is 0 Å². The van der Waals surface area contributed by atoms with Gasteiger partial charge in [-0.25, -0.2) is 0 Å². The van der Waals surface area contributed by atoms with Crippen molar-refractivity contribution in [1.29, 1.82) is 0 Å². The molecule has 3 rings (SSSR count). The van der Waals surface area contributed by atoms with Crippen LogP contribution in [0.5, 0.6) is 5.75 Å². The van der Waals surface area contributed by atoms with Crippen molar-refractivity contribution in [2.24, 2.45) is 0 Å². The summed E-state index contributed by atoms with van der Waals surface area (Å²) >= 11 is 3.49. The summed E-state index contributed by atoms with van der Waals surface area (Å²) in [6.07, 6.45) is 1.81. The lowest BCUT2D eigenvalue weighted by atomic mass is 9.74. The Labute approximate surface area is 133 Å². The van der Waals surface area contributed by atoms with Crippen molar-refractivity contribution in [3.05, 3.63) is 63.6 Å². The van der Waals surface area contributed by atoms with Crippen LogP contribution in [0.1, 0.15) is 40.7 Å². The fraction of sp³-hybridized carbons (Fsp3) is 0.278. The second kappa shape index (κ2) is 6.02. The van der Waals surface area contributed by atoms with Crippen molar-refractivity contribution in [2.75, 3.05) is 6.61 Å². The highest BCUT2D eigenvalue weighted by Crippen LogP contribution is 2.38. The fourth-order valence-corrected chi connectivity index (χ4v) is 3.17. The molecule has 108 valence electrons. The van der Waals surface area contributed by atoms with E-state index in [1.54, 1.807) is 0 Å². The van der Waals surface area contributed by atoms with E-state index in [-0.39, 0.29) is 11.7 Å². The normalized spacial score (nSPS) is 16.0. The van der Waals surface area contributed by atoms with Gasteiger partial charge in [0.1, 0.15) is 5.75 Å². The van der Waals surface area contributed by atoms with E-state index in [2.05, 4.69) is 35.0 Å². The minimum absolute atomic E-state index is 0.00973. The van der Waals surface area contributed by atoms with Crippen LogP contribution in [0.25, 0.3) is 0 Å². The molecule has 0 saturated heterocycles. The number of carbonyl (C=O) groups excluding carboxylic acids is 1. The quantitative estimate of drug-likeness (QED) is 0.731. The van der Waals surface area contributed by atoms with E-state index in [4.69, 9.17) is 4.74 Å². The molecule has 0 aliphatic heterocycles. The van der Waals surface area contributed by atoms with Gasteiger partial charge >= 0.3 is 0 Å². The second-order valence-electron chi connectivity index (χ2n) is 5.31. The van der Waals surface area contributed by atoms with Crippen LogP contribution < -0.4 is 4.74 Å². The monoisotopic (exact) mass is 344 g/mol. The molecular weight excluding hydrogens is 328 g/mol. The van der Waals surface area contributed by atoms with Gasteiger partial charge in [-0.3, -0.25) is 4.79 Å². The Morgan fingerprint density at radius 1 is 1.29 bits per heavy atom. The highest BCUT2D eigenvalue weighted by atomic mass is 79.9. The average Bonchev–Trinajstić information content (AvgIpc) is 2.47. The van der Waals surface area contributed by atoms with E-state index in [9.17, 15) is 4.79 Å². The summed E-state index contributed by atoms with van der Waals surface area (Å²) in [5, 5.41) is 0. The van der Waals surface area contributed by atoms with E-state index in [1.165, 1.54) is 11.1 Å². The summed E-state index contributed by atoms with van der Waals surface area (Å²) in [4.78, 5) is 12.6. The molecule has 21 heavy (non-hydrogen) atoms. The van der Waals surface area contributed by atoms with Crippen molar-refractivity contribution >= 4 is 21.7 Å². The van der Waals surface area contributed by atoms with Crippen LogP contribution in [-0.2, 0) is 6.42 Å². The van der Waals surface area contributed by atoms with Crippen molar-refractivity contribution in [1.82, 2.24) is 0 Å². The lowest BCUT2D eigenvalue weighted by molar-refractivity contribution is 0.0949. The third kappa shape index (κ3) is 2.75. The van der Waals surface area contributed by atoms with E-state index in [1.807, 2.05) is 30.3 Å². The average molecular weight is 345 g/mol. The lowest BCUT2D eigenvalue weighted by Crippen LogP contribution is -2.25. The van der Waals surface area contributed by atoms with Crippen molar-refractivity contribution in [3.63, 3.8) is 0 Å². The van der Waals surface area contributed by atoms with Crippen LogP contribution in [0.2, 0.25) is 0 Å². The Hall–Kier alpha value is -1.61. The number of carbonyl (C=O) groups is 1. The maximum Gasteiger partial charge on any atom is 0.170 e. The summed E-state index contributed by atoms with van der Waals surface area (Å²) < 4.78 is 6.46. The molecule has 0 saturated carbocycles. The van der Waals surface area contributed by atoms with Gasteiger partial charge in [0, 0.05) is 5.56 Å². The molecule has 0 amide bonds. The molecule has 2 aromatic carbocycles. The Bertz CT molecular complexity index is 679. The molecule has 0 N–H and O–H groups in total. The van der Waals surface area contributed by atoms with Gasteiger partial charge < -0.3 is 4.74 Å². The zero-order chi connectivity index (χ0) is 14.8. The highest BCUT2D eigenvalue weighted by Gasteiger charge is 2.32. The SMILES string of the molecule is CCCOc1ccc(C(=O)C2Cc3ccccc32)cc1Br. The third-order valence-electron chi connectivity index (χ3n) is 3.85. The van der Waals surface area contributed by atoms with E-state index < -0.39 is 0 Å². The first kappa shape index (κ1) is 14.3. The molecule has 0 fully saturated rings. The highest BCUT2D eigenvalue weighted by molar-refractivity contribution is 9.10. The molecule has 3 heteroatoms. The van der Waals surface area contributed by atoms with Crippen LogP contribution in [0.4, 0.5) is 0 Å². The smallest absolute Gasteiger partial charge is 0.170 e. The van der Waals surface area contributed by atoms with Crippen LogP contribution in [0, 0.1) is 0 Å². The van der Waals surface area contributed by atoms with Crippen molar-refractivity contribution in [2.45, 2.75) is 25.7 Å². The molecule has 1 aliphatic carbocycles. The largest absolute Gasteiger partial charge is 0.492 e. The van der Waals surface area contributed by atoms with E-state index >= 15 is 0 Å². The predicted octanol–water partition coefficient (Wildman–Crippen LogP) is 4.76. The number of Topliss-reactive ketones (excluding diaryl/α,β-unsaturated/α-hetero) is 1. The molecule has 0 bridgehead atoms. The summed E-state index contributed by atoms with van der Waals surface area (Å²) in [5.74, 6) is 0.995. The zero-order valence-corrected chi connectivity index (χ0v) is 13.5. The number of halogens is 1. The number of hydrogen-bond acceptors (Lipinski definition) is 2. The summed E-state index contributed by atoms with van der Waals surface area (Å²) in [7, 11) is 0. The van der Waals surface area contributed by atoms with Gasteiger partial charge in [0.25, 0.3) is 0 Å². The van der Waals surface area contributed by atoms with Gasteiger partial charge in [0.2, 0.25) is 0 Å². The van der Waals surface area contributed by atoms with Crippen LogP contribution in [0.15, 0.2) is 46.9 Å². The Kier molecular flexibility index (Phi) is 4.11. The Morgan fingerprint density at radius 2 is 2.10 bits per heavy atom. The second-order valence-corrected chi connectivity index (χ2v) is 6.17. The van der Waals surface area contributed by atoms with Gasteiger partial charge in [-0.1, -0.05) is 31.2 Å². The number of hydrogen-bond donors (Lipinski definition) is 0. The van der Waals surface area contributed by atoms with Gasteiger partial charge in [0.15, 0.2) is 5.78 Å². The van der Waals surface area contributed by atoms with E-state index in [0.717, 1.165) is 28.6 Å². The molecule has 0 radical (unpaired) electrons. The zero-order valence-electron chi connectivity index (χ0n) is 11.9. The minimum Gasteiger partial charge on any atom is -0.492 e. The first-order valence-electron chi connectivity index (χ1n) is 7.25. The minimum atomic E-state index is 0.00973. The Balaban J connectivity index is 1.79. The summed E-state index contributed by atoms with van der Waals surface area (Å²) in [5.41, 5.74) is 3.20. The standard InChI is InChI=1S/C18H17BrO2/c1-2-9-21-17-8-7-13(11-16(17)19)18(20)15-10-12-5-3-4-6-14(12)15/h3-8,11,15H,2,9-10H2,1H3. The predicted molar refractivity (Wildman–Crippen MR) is 87.1 cm³/mol. The number of ether oxygens (including phenoxy) is 1. The summed E-state index contributed by atoms with van der Waals surface area (Å²) in [6, 6.07) is 13.8. The molecule has 2 nitrogen and oxygen atoms in total. The van der Waals surface area contributed by atoms with Crippen LogP contribution in [-0.4, -0.2) is 12.4 Å². The molecule has 0 heterocycles. The molecule has 0 spiro atoms. The molecule has 1 unspecified atom stereocenters. The number of rotatable bonds is 5. The number of ketones is 1. The molecule has 1 atom stereocenters. The van der Waals surface area contributed by atoms with Crippen molar-refractivity contribution in [3.8, 4) is 5.75 Å². The van der Waals surface area contributed by atoms with E-state index in [0.29, 0.717) is 6.61 Å². The van der Waals surface area contributed by atoms with Gasteiger partial charge in [-0.2, -0.15) is 0 Å². The molecule has 1 aliphatic rings. The molecule has 0 aromatic heterocycles. The number of benzene rings is 2.